The van der Waals surface area contributed by atoms with Crippen molar-refractivity contribution in [2.45, 2.75) is 43.9 Å². The fourth-order valence-corrected chi connectivity index (χ4v) is 4.17. The van der Waals surface area contributed by atoms with Crippen LogP contribution in [0.3, 0.4) is 0 Å². The highest BCUT2D eigenvalue weighted by atomic mass is 16.6. The summed E-state index contributed by atoms with van der Waals surface area (Å²) < 4.78 is 11.2. The summed E-state index contributed by atoms with van der Waals surface area (Å²) in [6, 6.07) is 0. The molecule has 1 aromatic heterocycles. The topological polar surface area (TPSA) is 97.7 Å². The maximum atomic E-state index is 13.1. The van der Waals surface area contributed by atoms with Gasteiger partial charge in [-0.25, -0.2) is 9.53 Å². The number of aryl methyl sites for hydroxylation is 1. The maximum Gasteiger partial charge on any atom is 0.232 e. The molecule has 3 aliphatic rings. The first-order valence-corrected chi connectivity index (χ1v) is 7.82. The molecule has 2 aliphatic heterocycles. The molecule has 0 saturated carbocycles. The van der Waals surface area contributed by atoms with E-state index in [9.17, 15) is 10.3 Å². The van der Waals surface area contributed by atoms with Gasteiger partial charge in [0.2, 0.25) is 17.0 Å². The molecule has 2 unspecified atom stereocenters. The van der Waals surface area contributed by atoms with Gasteiger partial charge in [-0.1, -0.05) is 17.2 Å². The zero-order valence-corrected chi connectivity index (χ0v) is 12.6. The van der Waals surface area contributed by atoms with E-state index in [1.54, 1.807) is 0 Å². The van der Waals surface area contributed by atoms with Crippen molar-refractivity contribution in [3.05, 3.63) is 16.6 Å². The van der Waals surface area contributed by atoms with Crippen LogP contribution in [0.25, 0.3) is 0 Å². The van der Waals surface area contributed by atoms with Crippen molar-refractivity contribution in [1.82, 2.24) is 15.2 Å². The van der Waals surface area contributed by atoms with Crippen molar-refractivity contribution < 1.29 is 19.2 Å². The summed E-state index contributed by atoms with van der Waals surface area (Å²) >= 11 is 0. The highest BCUT2D eigenvalue weighted by Crippen LogP contribution is 2.46. The Morgan fingerprint density at radius 2 is 2.09 bits per heavy atom. The lowest BCUT2D eigenvalue weighted by molar-refractivity contribution is -0.578. The lowest BCUT2D eigenvalue weighted by Gasteiger charge is -2.40. The molecule has 4 rings (SSSR count). The smallest absolute Gasteiger partial charge is 0.232 e. The van der Waals surface area contributed by atoms with Crippen LogP contribution in [0.2, 0.25) is 0 Å². The van der Waals surface area contributed by atoms with E-state index in [1.165, 1.54) is 0 Å². The predicted octanol–water partition coefficient (Wildman–Crippen LogP) is -0.00310. The fourth-order valence-electron chi connectivity index (χ4n) is 4.17. The molecule has 0 spiro atoms. The molecule has 0 radical (unpaired) electrons. The van der Waals surface area contributed by atoms with Crippen LogP contribution in [0.4, 0.5) is 0 Å². The van der Waals surface area contributed by atoms with E-state index in [0.29, 0.717) is 69.1 Å². The summed E-state index contributed by atoms with van der Waals surface area (Å²) in [5, 5.41) is 32.1. The van der Waals surface area contributed by atoms with E-state index < -0.39 is 11.3 Å². The summed E-state index contributed by atoms with van der Waals surface area (Å²) in [6.45, 7) is 4.60. The Labute approximate surface area is 127 Å². The van der Waals surface area contributed by atoms with Crippen molar-refractivity contribution in [3.63, 3.8) is 0 Å². The van der Waals surface area contributed by atoms with E-state index in [1.807, 2.05) is 6.92 Å². The standard InChI is InChI=1S/C14H20N4O4/c1-2-13(17-5-7-21-8-6-17)9-14(19)11(18(13)20)4-3-10-12(14)16-22-15-10/h19H,2-9H2,1H3. The molecule has 1 fully saturated rings. The quantitative estimate of drug-likeness (QED) is 0.606. The first kappa shape index (κ1) is 14.1. The number of hydrogen-bond acceptors (Lipinski definition) is 7. The molecule has 120 valence electrons. The molecule has 2 atom stereocenters. The maximum absolute atomic E-state index is 13.1. The first-order valence-electron chi connectivity index (χ1n) is 7.82. The number of hydrogen-bond donors (Lipinski definition) is 1. The van der Waals surface area contributed by atoms with Gasteiger partial charge in [0.15, 0.2) is 5.69 Å². The Bertz CT molecular complexity index is 624. The third-order valence-electron chi connectivity index (χ3n) is 5.35. The number of nitrogens with zero attached hydrogens (tertiary/aromatic N) is 4. The number of ether oxygens (including phenoxy) is 1. The van der Waals surface area contributed by atoms with Crippen LogP contribution in [0.15, 0.2) is 4.63 Å². The summed E-state index contributed by atoms with van der Waals surface area (Å²) in [6.07, 6.45) is 2.00. The summed E-state index contributed by atoms with van der Waals surface area (Å²) in [5.41, 5.74) is -0.534. The van der Waals surface area contributed by atoms with Gasteiger partial charge >= 0.3 is 0 Å². The van der Waals surface area contributed by atoms with Gasteiger partial charge in [0, 0.05) is 32.4 Å². The van der Waals surface area contributed by atoms with Crippen LogP contribution in [0, 0.1) is 5.21 Å². The SMILES string of the molecule is CCC1(N2CCOCC2)CC2(O)C(=[N+]1[O-])CCc1nonc12. The number of aliphatic hydroxyl groups is 1. The molecular formula is C14H20N4O4. The minimum atomic E-state index is -1.36. The minimum absolute atomic E-state index is 0.302. The molecule has 3 heterocycles. The highest BCUT2D eigenvalue weighted by Gasteiger charge is 2.64. The van der Waals surface area contributed by atoms with E-state index in [0.717, 1.165) is 4.74 Å². The number of aromatic nitrogens is 2. The molecule has 8 nitrogen and oxygen atoms in total. The summed E-state index contributed by atoms with van der Waals surface area (Å²) in [5.74, 6) is 0. The molecule has 1 aliphatic carbocycles. The second-order valence-corrected chi connectivity index (χ2v) is 6.27. The van der Waals surface area contributed by atoms with Crippen molar-refractivity contribution in [2.24, 2.45) is 0 Å². The van der Waals surface area contributed by atoms with Gasteiger partial charge in [0.25, 0.3) is 0 Å². The average molecular weight is 308 g/mol. The van der Waals surface area contributed by atoms with Crippen molar-refractivity contribution >= 4 is 5.71 Å². The van der Waals surface area contributed by atoms with Gasteiger partial charge in [-0.2, -0.15) is 4.74 Å². The van der Waals surface area contributed by atoms with Crippen LogP contribution in [0.1, 0.15) is 37.6 Å². The fraction of sp³-hybridized carbons (Fsp3) is 0.786. The van der Waals surface area contributed by atoms with E-state index in [2.05, 4.69) is 15.2 Å². The zero-order chi connectivity index (χ0) is 15.4. The lowest BCUT2D eigenvalue weighted by Crippen LogP contribution is -2.57. The van der Waals surface area contributed by atoms with Gasteiger partial charge in [-0.3, -0.25) is 0 Å². The number of fused-ring (bicyclic) bond motifs is 3. The van der Waals surface area contributed by atoms with E-state index in [-0.39, 0.29) is 0 Å². The first-order chi connectivity index (χ1) is 10.6. The molecular weight excluding hydrogens is 288 g/mol. The highest BCUT2D eigenvalue weighted by molar-refractivity contribution is 5.92. The monoisotopic (exact) mass is 308 g/mol. The van der Waals surface area contributed by atoms with Gasteiger partial charge in [0.1, 0.15) is 5.69 Å². The van der Waals surface area contributed by atoms with Crippen LogP contribution in [-0.4, -0.2) is 62.7 Å². The van der Waals surface area contributed by atoms with Crippen LogP contribution < -0.4 is 0 Å². The lowest BCUT2D eigenvalue weighted by atomic mass is 9.80. The predicted molar refractivity (Wildman–Crippen MR) is 75.2 cm³/mol. The van der Waals surface area contributed by atoms with Crippen LogP contribution in [0.5, 0.6) is 0 Å². The zero-order valence-electron chi connectivity index (χ0n) is 12.6. The number of hydroxylamine groups is 1. The third-order valence-corrected chi connectivity index (χ3v) is 5.35. The normalized spacial score (nSPS) is 35.5. The number of rotatable bonds is 2. The Morgan fingerprint density at radius 3 is 2.82 bits per heavy atom. The van der Waals surface area contributed by atoms with E-state index in [4.69, 9.17) is 9.37 Å². The number of morpholine rings is 1. The van der Waals surface area contributed by atoms with Crippen molar-refractivity contribution in [3.8, 4) is 0 Å². The molecule has 0 aromatic carbocycles. The van der Waals surface area contributed by atoms with E-state index >= 15 is 0 Å². The Morgan fingerprint density at radius 1 is 1.32 bits per heavy atom. The largest absolute Gasteiger partial charge is 0.622 e. The van der Waals surface area contributed by atoms with Crippen molar-refractivity contribution in [2.75, 3.05) is 26.3 Å². The van der Waals surface area contributed by atoms with Gasteiger partial charge in [-0.05, 0) is 0 Å². The molecule has 8 heteroatoms. The van der Waals surface area contributed by atoms with Gasteiger partial charge in [-0.15, -0.1) is 0 Å². The van der Waals surface area contributed by atoms with Gasteiger partial charge in [0.05, 0.1) is 19.6 Å². The molecule has 1 saturated heterocycles. The van der Waals surface area contributed by atoms with Crippen LogP contribution in [-0.2, 0) is 16.8 Å². The summed E-state index contributed by atoms with van der Waals surface area (Å²) in [4.78, 5) is 2.14. The second-order valence-electron chi connectivity index (χ2n) is 6.27. The minimum Gasteiger partial charge on any atom is -0.622 e. The van der Waals surface area contributed by atoms with Crippen LogP contribution >= 0.6 is 0 Å². The summed E-state index contributed by atoms with van der Waals surface area (Å²) in [7, 11) is 0. The molecule has 0 bridgehead atoms. The molecule has 1 N–H and O–H groups in total. The average Bonchev–Trinajstić information content (AvgIpc) is 3.11. The van der Waals surface area contributed by atoms with Crippen molar-refractivity contribution in [1.29, 1.82) is 0 Å². The molecule has 1 aromatic rings. The Kier molecular flexibility index (Phi) is 3.04. The second kappa shape index (κ2) is 4.74. The molecule has 0 amide bonds. The Hall–Kier alpha value is -1.51. The third kappa shape index (κ3) is 1.65. The molecule has 22 heavy (non-hydrogen) atoms. The van der Waals surface area contributed by atoms with Gasteiger partial charge < -0.3 is 15.1 Å². The Balaban J connectivity index is 1.80.